The average Bonchev–Trinajstić information content (AvgIpc) is 2.50. The summed E-state index contributed by atoms with van der Waals surface area (Å²) in [6.07, 6.45) is 0. The van der Waals surface area contributed by atoms with Crippen molar-refractivity contribution < 1.29 is 13.2 Å². The zero-order valence-electron chi connectivity index (χ0n) is 10.5. The van der Waals surface area contributed by atoms with Crippen LogP contribution < -0.4 is 16.4 Å². The lowest BCUT2D eigenvalue weighted by atomic mass is 10.2. The summed E-state index contributed by atoms with van der Waals surface area (Å²) in [5.41, 5.74) is 10.9. The number of sulfone groups is 1. The van der Waals surface area contributed by atoms with Crippen LogP contribution in [-0.2, 0) is 9.84 Å². The second kappa shape index (κ2) is 4.23. The van der Waals surface area contributed by atoms with Crippen LogP contribution in [0.3, 0.4) is 0 Å². The van der Waals surface area contributed by atoms with Gasteiger partial charge in [-0.15, -0.1) is 0 Å². The zero-order valence-corrected chi connectivity index (χ0v) is 11.3. The molecule has 1 heterocycles. The molecule has 8 heteroatoms. The van der Waals surface area contributed by atoms with E-state index in [2.05, 4.69) is 4.99 Å². The molecule has 0 aromatic heterocycles. The molecule has 19 heavy (non-hydrogen) atoms. The summed E-state index contributed by atoms with van der Waals surface area (Å²) in [7, 11) is -1.77. The number of aliphatic imine (C=N–C) groups is 1. The van der Waals surface area contributed by atoms with E-state index >= 15 is 0 Å². The molecule has 1 aromatic carbocycles. The van der Waals surface area contributed by atoms with Gasteiger partial charge in [-0.25, -0.2) is 8.42 Å². The Labute approximate surface area is 110 Å². The molecule has 2 rings (SSSR count). The molecule has 1 unspecified atom stereocenters. The van der Waals surface area contributed by atoms with Crippen LogP contribution in [0.5, 0.6) is 0 Å². The van der Waals surface area contributed by atoms with E-state index in [1.807, 2.05) is 0 Å². The summed E-state index contributed by atoms with van der Waals surface area (Å²) in [6, 6.07) is 4.38. The fraction of sp³-hybridized carbons (Fsp3) is 0.273. The molecule has 0 radical (unpaired) electrons. The lowest BCUT2D eigenvalue weighted by molar-refractivity contribution is 0.100. The van der Waals surface area contributed by atoms with Crippen LogP contribution in [0.1, 0.15) is 17.3 Å². The summed E-state index contributed by atoms with van der Waals surface area (Å²) >= 11 is 0. The fourth-order valence-electron chi connectivity index (χ4n) is 1.94. The van der Waals surface area contributed by atoms with E-state index in [-0.39, 0.29) is 16.4 Å². The number of carbonyl (C=O) groups is 1. The molecule has 102 valence electrons. The first-order valence-corrected chi connectivity index (χ1v) is 7.04. The van der Waals surface area contributed by atoms with Gasteiger partial charge in [-0.1, -0.05) is 0 Å². The second-order valence-electron chi connectivity index (χ2n) is 4.28. The van der Waals surface area contributed by atoms with Gasteiger partial charge in [0.1, 0.15) is 5.37 Å². The third-order valence-electron chi connectivity index (χ3n) is 3.12. The van der Waals surface area contributed by atoms with Gasteiger partial charge in [-0.2, -0.15) is 4.99 Å². The van der Waals surface area contributed by atoms with Crippen molar-refractivity contribution in [1.82, 2.24) is 0 Å². The molecule has 0 saturated carbocycles. The summed E-state index contributed by atoms with van der Waals surface area (Å²) < 4.78 is 24.3. The molecule has 0 aliphatic carbocycles. The number of hydrogen-bond acceptors (Lipinski definition) is 4. The third-order valence-corrected chi connectivity index (χ3v) is 5.27. The van der Waals surface area contributed by atoms with Gasteiger partial charge in [0.05, 0.1) is 10.6 Å². The first-order chi connectivity index (χ1) is 8.75. The van der Waals surface area contributed by atoms with Crippen LogP contribution in [0.25, 0.3) is 0 Å². The lowest BCUT2D eigenvalue weighted by Crippen LogP contribution is -2.28. The van der Waals surface area contributed by atoms with E-state index in [1.165, 1.54) is 12.1 Å². The van der Waals surface area contributed by atoms with Crippen LogP contribution in [0.2, 0.25) is 0 Å². The van der Waals surface area contributed by atoms with Gasteiger partial charge in [-0.05, 0) is 25.1 Å². The van der Waals surface area contributed by atoms with Crippen molar-refractivity contribution in [2.75, 3.05) is 11.9 Å². The van der Waals surface area contributed by atoms with Crippen molar-refractivity contribution in [2.24, 2.45) is 16.5 Å². The molecular weight excluding hydrogens is 268 g/mol. The summed E-state index contributed by atoms with van der Waals surface area (Å²) in [4.78, 5) is 16.8. The molecule has 1 amide bonds. The Bertz CT molecular complexity index is 677. The van der Waals surface area contributed by atoms with E-state index in [0.29, 0.717) is 5.69 Å². The van der Waals surface area contributed by atoms with E-state index in [0.717, 1.165) is 0 Å². The van der Waals surface area contributed by atoms with Crippen LogP contribution in [0, 0.1) is 0 Å². The minimum absolute atomic E-state index is 0.124. The largest absolute Gasteiger partial charge is 0.370 e. The summed E-state index contributed by atoms with van der Waals surface area (Å²) in [5, 5.41) is -0.657. The van der Waals surface area contributed by atoms with Crippen LogP contribution in [0.15, 0.2) is 28.1 Å². The fourth-order valence-corrected chi connectivity index (χ4v) is 3.63. The van der Waals surface area contributed by atoms with Gasteiger partial charge < -0.3 is 16.4 Å². The molecule has 0 saturated heterocycles. The number of rotatable bonds is 1. The minimum atomic E-state index is -3.46. The number of carbonyl (C=O) groups excluding carboxylic acids is 1. The van der Waals surface area contributed by atoms with Crippen molar-refractivity contribution in [3.8, 4) is 0 Å². The Morgan fingerprint density at radius 2 is 2.00 bits per heavy atom. The van der Waals surface area contributed by atoms with Gasteiger partial charge in [-0.3, -0.25) is 4.79 Å². The van der Waals surface area contributed by atoms with Crippen LogP contribution in [0.4, 0.5) is 5.69 Å². The maximum absolute atomic E-state index is 12.2. The van der Waals surface area contributed by atoms with Gasteiger partial charge in [0.15, 0.2) is 5.96 Å². The predicted molar refractivity (Wildman–Crippen MR) is 71.6 cm³/mol. The van der Waals surface area contributed by atoms with Gasteiger partial charge in [0.2, 0.25) is 9.84 Å². The van der Waals surface area contributed by atoms with Crippen molar-refractivity contribution in [1.29, 1.82) is 0 Å². The smallest absolute Gasteiger partial charge is 0.280 e. The van der Waals surface area contributed by atoms with Crippen molar-refractivity contribution in [3.05, 3.63) is 23.8 Å². The van der Waals surface area contributed by atoms with Gasteiger partial charge in [0, 0.05) is 12.6 Å². The molecular formula is C11H14N4O3S. The Balaban J connectivity index is 2.56. The van der Waals surface area contributed by atoms with E-state index in [1.54, 1.807) is 24.9 Å². The van der Waals surface area contributed by atoms with Crippen LogP contribution >= 0.6 is 0 Å². The maximum Gasteiger partial charge on any atom is 0.280 e. The third kappa shape index (κ3) is 2.03. The molecule has 1 atom stereocenters. The van der Waals surface area contributed by atoms with Crippen LogP contribution in [-0.4, -0.2) is 32.7 Å². The quantitative estimate of drug-likeness (QED) is 0.537. The highest BCUT2D eigenvalue weighted by Gasteiger charge is 2.38. The number of benzene rings is 1. The number of anilines is 1. The van der Waals surface area contributed by atoms with E-state index in [4.69, 9.17) is 11.5 Å². The number of hydrogen-bond donors (Lipinski definition) is 2. The SMILES string of the molecule is CC1N(C)c2ccc(C(=O)N=C(N)N)cc2S1(=O)=O. The molecule has 7 nitrogen and oxygen atoms in total. The van der Waals surface area contributed by atoms with E-state index < -0.39 is 21.1 Å². The van der Waals surface area contributed by atoms with Crippen molar-refractivity contribution in [3.63, 3.8) is 0 Å². The first-order valence-electron chi connectivity index (χ1n) is 5.50. The average molecular weight is 282 g/mol. The van der Waals surface area contributed by atoms with Crippen molar-refractivity contribution in [2.45, 2.75) is 17.2 Å². The Hall–Kier alpha value is -2.09. The van der Waals surface area contributed by atoms with Gasteiger partial charge >= 0.3 is 0 Å². The molecule has 1 aromatic rings. The Morgan fingerprint density at radius 3 is 2.58 bits per heavy atom. The number of nitrogens with two attached hydrogens (primary N) is 2. The number of amides is 1. The Morgan fingerprint density at radius 1 is 1.37 bits per heavy atom. The number of nitrogens with zero attached hydrogens (tertiary/aromatic N) is 2. The first kappa shape index (κ1) is 13.3. The second-order valence-corrected chi connectivity index (χ2v) is 6.49. The highest BCUT2D eigenvalue weighted by molar-refractivity contribution is 7.92. The number of fused-ring (bicyclic) bond motifs is 1. The molecule has 1 aliphatic rings. The number of guanidine groups is 1. The summed E-state index contributed by atoms with van der Waals surface area (Å²) in [6.45, 7) is 1.59. The molecule has 0 spiro atoms. The summed E-state index contributed by atoms with van der Waals surface area (Å²) in [5.74, 6) is -1.03. The topological polar surface area (TPSA) is 119 Å². The monoisotopic (exact) mass is 282 g/mol. The molecule has 0 fully saturated rings. The minimum Gasteiger partial charge on any atom is -0.370 e. The maximum atomic E-state index is 12.2. The Kier molecular flexibility index (Phi) is 2.97. The molecule has 1 aliphatic heterocycles. The highest BCUT2D eigenvalue weighted by atomic mass is 32.2. The zero-order chi connectivity index (χ0) is 14.4. The van der Waals surface area contributed by atoms with E-state index in [9.17, 15) is 13.2 Å². The standard InChI is InChI=1S/C11H14N4O3S/c1-6-15(2)8-4-3-7(10(16)14-11(12)13)5-9(8)19(6,17)18/h3-6H,1-2H3,(H4,12,13,14,16). The normalized spacial score (nSPS) is 19.9. The van der Waals surface area contributed by atoms with Crippen molar-refractivity contribution >= 4 is 27.4 Å². The van der Waals surface area contributed by atoms with Gasteiger partial charge in [0.25, 0.3) is 5.91 Å². The predicted octanol–water partition coefficient (Wildman–Crippen LogP) is -0.330. The lowest BCUT2D eigenvalue weighted by Gasteiger charge is -2.16. The molecule has 0 bridgehead atoms. The highest BCUT2D eigenvalue weighted by Crippen LogP contribution is 2.37. The molecule has 4 N–H and O–H groups in total.